The molecule has 3 N–H and O–H groups in total. The Labute approximate surface area is 117 Å². The van der Waals surface area contributed by atoms with Crippen molar-refractivity contribution in [3.63, 3.8) is 0 Å². The Hall–Kier alpha value is -0.610. The molecule has 0 aromatic rings. The van der Waals surface area contributed by atoms with Gasteiger partial charge in [0.2, 0.25) is 5.91 Å². The second kappa shape index (κ2) is 6.71. The fraction of sp³-hybridized carbons (Fsp3) is 0.933. The number of hydrogen-bond donors (Lipinski definition) is 2. The lowest BCUT2D eigenvalue weighted by molar-refractivity contribution is -0.127. The van der Waals surface area contributed by atoms with Gasteiger partial charge in [-0.15, -0.1) is 0 Å². The van der Waals surface area contributed by atoms with Crippen LogP contribution in [0, 0.1) is 5.92 Å². The van der Waals surface area contributed by atoms with E-state index in [4.69, 9.17) is 5.73 Å². The van der Waals surface area contributed by atoms with Crippen molar-refractivity contribution in [3.05, 3.63) is 0 Å². The minimum absolute atomic E-state index is 0.0252. The molecule has 0 saturated heterocycles. The number of carbonyl (C=O) groups excluding carboxylic acids is 1. The molecule has 0 spiro atoms. The smallest absolute Gasteiger partial charge is 0.237 e. The lowest BCUT2D eigenvalue weighted by Gasteiger charge is -2.41. The van der Waals surface area contributed by atoms with Crippen LogP contribution in [0.1, 0.15) is 52.4 Å². The third kappa shape index (κ3) is 3.69. The Morgan fingerprint density at radius 1 is 1.32 bits per heavy atom. The van der Waals surface area contributed by atoms with Crippen molar-refractivity contribution in [2.45, 2.75) is 70.5 Å². The fourth-order valence-electron chi connectivity index (χ4n) is 3.40. The van der Waals surface area contributed by atoms with Crippen molar-refractivity contribution in [1.29, 1.82) is 0 Å². The van der Waals surface area contributed by atoms with Crippen LogP contribution in [0.15, 0.2) is 0 Å². The molecular weight excluding hydrogens is 238 g/mol. The number of likely N-dealkylation sites (N-methyl/N-ethyl adjacent to an activating group) is 1. The van der Waals surface area contributed by atoms with Gasteiger partial charge < -0.3 is 11.1 Å². The van der Waals surface area contributed by atoms with Crippen molar-refractivity contribution < 1.29 is 4.79 Å². The van der Waals surface area contributed by atoms with Gasteiger partial charge in [0.25, 0.3) is 0 Å². The molecular formula is C15H29N3O. The molecule has 0 heterocycles. The molecule has 0 radical (unpaired) electrons. The van der Waals surface area contributed by atoms with Crippen LogP contribution >= 0.6 is 0 Å². The Morgan fingerprint density at radius 2 is 2.00 bits per heavy atom. The SMILES string of the molecule is CCN(C(C)C(=O)NC1CC1)C1CCCCC1CN. The number of carbonyl (C=O) groups is 1. The predicted octanol–water partition coefficient (Wildman–Crippen LogP) is 1.49. The van der Waals surface area contributed by atoms with Gasteiger partial charge in [0.1, 0.15) is 0 Å². The summed E-state index contributed by atoms with van der Waals surface area (Å²) in [5, 5.41) is 3.13. The molecule has 0 aliphatic heterocycles. The highest BCUT2D eigenvalue weighted by molar-refractivity contribution is 5.81. The first-order chi connectivity index (χ1) is 9.17. The number of nitrogens with zero attached hydrogens (tertiary/aromatic N) is 1. The van der Waals surface area contributed by atoms with Gasteiger partial charge in [-0.05, 0) is 51.6 Å². The first kappa shape index (κ1) is 14.8. The Bertz CT molecular complexity index is 304. The van der Waals surface area contributed by atoms with Crippen LogP contribution in [0.4, 0.5) is 0 Å². The molecule has 1 amide bonds. The maximum absolute atomic E-state index is 12.2. The molecule has 19 heavy (non-hydrogen) atoms. The van der Waals surface area contributed by atoms with Crippen molar-refractivity contribution in [2.24, 2.45) is 11.7 Å². The van der Waals surface area contributed by atoms with Crippen molar-refractivity contribution in [2.75, 3.05) is 13.1 Å². The molecule has 2 aliphatic carbocycles. The molecule has 0 aromatic carbocycles. The van der Waals surface area contributed by atoms with Crippen LogP contribution in [0.2, 0.25) is 0 Å². The van der Waals surface area contributed by atoms with Crippen molar-refractivity contribution >= 4 is 5.91 Å². The summed E-state index contributed by atoms with van der Waals surface area (Å²) in [5.41, 5.74) is 5.93. The molecule has 2 aliphatic rings. The average Bonchev–Trinajstić information content (AvgIpc) is 3.24. The Morgan fingerprint density at radius 3 is 2.58 bits per heavy atom. The minimum atomic E-state index is -0.0252. The highest BCUT2D eigenvalue weighted by Crippen LogP contribution is 2.29. The standard InChI is InChI=1S/C15H29N3O/c1-3-18(11(2)15(19)17-13-8-9-13)14-7-5-4-6-12(14)10-16/h11-14H,3-10,16H2,1-2H3,(H,17,19). The fourth-order valence-corrected chi connectivity index (χ4v) is 3.40. The van der Waals surface area contributed by atoms with E-state index in [-0.39, 0.29) is 11.9 Å². The van der Waals surface area contributed by atoms with Crippen molar-refractivity contribution in [3.8, 4) is 0 Å². The van der Waals surface area contributed by atoms with E-state index in [0.717, 1.165) is 25.9 Å². The van der Waals surface area contributed by atoms with Gasteiger partial charge >= 0.3 is 0 Å². The average molecular weight is 267 g/mol. The zero-order valence-corrected chi connectivity index (χ0v) is 12.4. The zero-order valence-electron chi connectivity index (χ0n) is 12.4. The summed E-state index contributed by atoms with van der Waals surface area (Å²) in [4.78, 5) is 14.6. The molecule has 0 aromatic heterocycles. The second-order valence-corrected chi connectivity index (χ2v) is 6.14. The van der Waals surface area contributed by atoms with Crippen LogP contribution in [0.5, 0.6) is 0 Å². The van der Waals surface area contributed by atoms with Crippen molar-refractivity contribution in [1.82, 2.24) is 10.2 Å². The third-order valence-electron chi connectivity index (χ3n) is 4.76. The predicted molar refractivity (Wildman–Crippen MR) is 77.8 cm³/mol. The molecule has 4 nitrogen and oxygen atoms in total. The largest absolute Gasteiger partial charge is 0.352 e. The molecule has 0 bridgehead atoms. The van der Waals surface area contributed by atoms with Crippen LogP contribution in [-0.4, -0.2) is 42.0 Å². The lowest BCUT2D eigenvalue weighted by Crippen LogP contribution is -2.54. The summed E-state index contributed by atoms with van der Waals surface area (Å²) in [6, 6.07) is 0.914. The van der Waals surface area contributed by atoms with Gasteiger partial charge in [0, 0.05) is 12.1 Å². The number of hydrogen-bond acceptors (Lipinski definition) is 3. The van der Waals surface area contributed by atoms with E-state index < -0.39 is 0 Å². The Kier molecular flexibility index (Phi) is 5.22. The van der Waals surface area contributed by atoms with Gasteiger partial charge in [-0.3, -0.25) is 9.69 Å². The molecule has 3 unspecified atom stereocenters. The summed E-state index contributed by atoms with van der Waals surface area (Å²) in [6.45, 7) is 5.88. The highest BCUT2D eigenvalue weighted by Gasteiger charge is 2.34. The monoisotopic (exact) mass is 267 g/mol. The normalized spacial score (nSPS) is 29.3. The van der Waals surface area contributed by atoms with Crippen LogP contribution in [-0.2, 0) is 4.79 Å². The molecule has 4 heteroatoms. The third-order valence-corrected chi connectivity index (χ3v) is 4.76. The number of rotatable bonds is 6. The number of nitrogens with one attached hydrogen (secondary N) is 1. The second-order valence-electron chi connectivity index (χ2n) is 6.14. The maximum Gasteiger partial charge on any atom is 0.237 e. The molecule has 2 saturated carbocycles. The molecule has 2 rings (SSSR count). The van der Waals surface area contributed by atoms with E-state index in [1.807, 2.05) is 6.92 Å². The lowest BCUT2D eigenvalue weighted by atomic mass is 9.83. The molecule has 3 atom stereocenters. The number of amides is 1. The molecule has 110 valence electrons. The van der Waals surface area contributed by atoms with Crippen LogP contribution in [0.25, 0.3) is 0 Å². The van der Waals surface area contributed by atoms with Gasteiger partial charge in [-0.1, -0.05) is 19.8 Å². The van der Waals surface area contributed by atoms with Gasteiger partial charge in [-0.2, -0.15) is 0 Å². The summed E-state index contributed by atoms with van der Waals surface area (Å²) >= 11 is 0. The summed E-state index contributed by atoms with van der Waals surface area (Å²) < 4.78 is 0. The van der Waals surface area contributed by atoms with Gasteiger partial charge in [0.05, 0.1) is 6.04 Å². The number of nitrogens with two attached hydrogens (primary N) is 1. The molecule has 2 fully saturated rings. The van der Waals surface area contributed by atoms with Gasteiger partial charge in [0.15, 0.2) is 0 Å². The van der Waals surface area contributed by atoms with E-state index >= 15 is 0 Å². The van der Waals surface area contributed by atoms with E-state index in [2.05, 4.69) is 17.1 Å². The van der Waals surface area contributed by atoms with Crippen LogP contribution in [0.3, 0.4) is 0 Å². The van der Waals surface area contributed by atoms with E-state index in [9.17, 15) is 4.79 Å². The van der Waals surface area contributed by atoms with Crippen LogP contribution < -0.4 is 11.1 Å². The van der Waals surface area contributed by atoms with E-state index in [0.29, 0.717) is 18.0 Å². The quantitative estimate of drug-likeness (QED) is 0.766. The summed E-state index contributed by atoms with van der Waals surface area (Å²) in [6.07, 6.45) is 7.28. The maximum atomic E-state index is 12.2. The van der Waals surface area contributed by atoms with Gasteiger partial charge in [-0.25, -0.2) is 0 Å². The zero-order chi connectivity index (χ0) is 13.8. The Balaban J connectivity index is 1.97. The van der Waals surface area contributed by atoms with E-state index in [1.165, 1.54) is 25.7 Å². The van der Waals surface area contributed by atoms with E-state index in [1.54, 1.807) is 0 Å². The highest BCUT2D eigenvalue weighted by atomic mass is 16.2. The first-order valence-electron chi connectivity index (χ1n) is 7.93. The topological polar surface area (TPSA) is 58.4 Å². The summed E-state index contributed by atoms with van der Waals surface area (Å²) in [7, 11) is 0. The first-order valence-corrected chi connectivity index (χ1v) is 7.93. The minimum Gasteiger partial charge on any atom is -0.352 e. The summed E-state index contributed by atoms with van der Waals surface area (Å²) in [5.74, 6) is 0.760.